The number of halogens is 2. The van der Waals surface area contributed by atoms with Gasteiger partial charge in [-0.3, -0.25) is 14.4 Å². The van der Waals surface area contributed by atoms with Gasteiger partial charge in [0.2, 0.25) is 17.7 Å². The van der Waals surface area contributed by atoms with Crippen molar-refractivity contribution in [3.63, 3.8) is 0 Å². The van der Waals surface area contributed by atoms with E-state index in [4.69, 9.17) is 27.9 Å². The van der Waals surface area contributed by atoms with Crippen molar-refractivity contribution in [1.82, 2.24) is 10.2 Å². The average Bonchev–Trinajstić information content (AvgIpc) is 3.56. The van der Waals surface area contributed by atoms with Gasteiger partial charge in [-0.15, -0.1) is 0 Å². The zero-order valence-electron chi connectivity index (χ0n) is 21.6. The number of hydrogen-bond acceptors (Lipinski definition) is 4. The Hall–Kier alpha value is -2.87. The Labute approximate surface area is 237 Å². The lowest BCUT2D eigenvalue weighted by molar-refractivity contribution is -0.143. The molecular formula is C30H31Cl2N3O4. The lowest BCUT2D eigenvalue weighted by Crippen LogP contribution is -2.56. The molecule has 4 aliphatic rings. The van der Waals surface area contributed by atoms with Crippen molar-refractivity contribution in [1.29, 1.82) is 0 Å². The maximum atomic E-state index is 14.3. The number of carbonyl (C=O) groups excluding carboxylic acids is 3. The largest absolute Gasteiger partial charge is 0.359 e. The molecule has 2 bridgehead atoms. The minimum Gasteiger partial charge on any atom is -0.359 e. The molecular weight excluding hydrogens is 537 g/mol. The Morgan fingerprint density at radius 3 is 2.41 bits per heavy atom. The van der Waals surface area contributed by atoms with E-state index >= 15 is 0 Å². The van der Waals surface area contributed by atoms with E-state index < -0.39 is 35.6 Å². The maximum Gasteiger partial charge on any atom is 0.246 e. The Kier molecular flexibility index (Phi) is 6.94. The van der Waals surface area contributed by atoms with E-state index in [2.05, 4.69) is 10.6 Å². The van der Waals surface area contributed by atoms with Gasteiger partial charge in [-0.1, -0.05) is 84.9 Å². The highest BCUT2D eigenvalue weighted by Gasteiger charge is 2.73. The molecule has 0 unspecified atom stereocenters. The molecule has 1 saturated carbocycles. The fraction of sp³-hybridized carbons (Fsp3) is 0.433. The monoisotopic (exact) mass is 567 g/mol. The summed E-state index contributed by atoms with van der Waals surface area (Å²) in [7, 11) is 0. The van der Waals surface area contributed by atoms with Crippen LogP contribution in [0.5, 0.6) is 0 Å². The summed E-state index contributed by atoms with van der Waals surface area (Å²) in [6.07, 6.45) is 8.18. The van der Waals surface area contributed by atoms with Gasteiger partial charge in [0.1, 0.15) is 11.6 Å². The number of ether oxygens (including phenoxy) is 1. The highest BCUT2D eigenvalue weighted by molar-refractivity contribution is 6.35. The molecule has 2 N–H and O–H groups in total. The average molecular weight is 569 g/mol. The van der Waals surface area contributed by atoms with Gasteiger partial charge in [-0.2, -0.15) is 0 Å². The molecule has 0 radical (unpaired) electrons. The fourth-order valence-corrected chi connectivity index (χ4v) is 7.42. The molecule has 3 fully saturated rings. The molecule has 2 aromatic carbocycles. The van der Waals surface area contributed by atoms with E-state index in [-0.39, 0.29) is 23.8 Å². The first-order chi connectivity index (χ1) is 18.8. The van der Waals surface area contributed by atoms with E-state index in [0.717, 1.165) is 31.2 Å². The van der Waals surface area contributed by atoms with Crippen molar-refractivity contribution in [2.24, 2.45) is 11.8 Å². The van der Waals surface area contributed by atoms with E-state index in [1.165, 1.54) is 6.42 Å². The molecule has 9 heteroatoms. The van der Waals surface area contributed by atoms with Gasteiger partial charge in [0.25, 0.3) is 0 Å². The van der Waals surface area contributed by atoms with Crippen LogP contribution in [0.1, 0.15) is 50.6 Å². The van der Waals surface area contributed by atoms with Crippen LogP contribution in [0.2, 0.25) is 10.0 Å². The number of rotatable bonds is 6. The summed E-state index contributed by atoms with van der Waals surface area (Å²) in [5, 5.41) is 6.87. The topological polar surface area (TPSA) is 87.7 Å². The molecule has 204 valence electrons. The molecule has 3 heterocycles. The zero-order valence-corrected chi connectivity index (χ0v) is 23.1. The maximum absolute atomic E-state index is 14.3. The van der Waals surface area contributed by atoms with Gasteiger partial charge in [0, 0.05) is 21.8 Å². The Balaban J connectivity index is 1.35. The highest BCUT2D eigenvalue weighted by Crippen LogP contribution is 2.56. The quantitative estimate of drug-likeness (QED) is 0.464. The lowest BCUT2D eigenvalue weighted by Gasteiger charge is -2.37. The number of nitrogens with one attached hydrogen (secondary N) is 2. The van der Waals surface area contributed by atoms with Crippen molar-refractivity contribution in [2.75, 3.05) is 5.32 Å². The van der Waals surface area contributed by atoms with Crippen LogP contribution in [-0.4, -0.2) is 46.4 Å². The summed E-state index contributed by atoms with van der Waals surface area (Å²) < 4.78 is 6.46. The van der Waals surface area contributed by atoms with Crippen molar-refractivity contribution in [3.8, 4) is 0 Å². The zero-order chi connectivity index (χ0) is 27.3. The van der Waals surface area contributed by atoms with Crippen LogP contribution in [0, 0.1) is 11.8 Å². The van der Waals surface area contributed by atoms with Crippen LogP contribution >= 0.6 is 23.2 Å². The Morgan fingerprint density at radius 1 is 1.03 bits per heavy atom. The van der Waals surface area contributed by atoms with Crippen LogP contribution in [-0.2, 0) is 19.1 Å². The predicted molar refractivity (Wildman–Crippen MR) is 149 cm³/mol. The normalized spacial score (nSPS) is 30.3. The van der Waals surface area contributed by atoms with Crippen LogP contribution in [0.3, 0.4) is 0 Å². The predicted octanol–water partition coefficient (Wildman–Crippen LogP) is 5.29. The summed E-state index contributed by atoms with van der Waals surface area (Å²) in [5.74, 6) is -2.50. The third kappa shape index (κ3) is 4.54. The van der Waals surface area contributed by atoms with E-state index in [1.807, 2.05) is 49.4 Å². The lowest BCUT2D eigenvalue weighted by atomic mass is 9.74. The number of hydrogen-bond donors (Lipinski definition) is 2. The van der Waals surface area contributed by atoms with Gasteiger partial charge < -0.3 is 20.3 Å². The van der Waals surface area contributed by atoms with Crippen molar-refractivity contribution in [3.05, 3.63) is 76.3 Å². The van der Waals surface area contributed by atoms with E-state index in [1.54, 1.807) is 23.1 Å². The van der Waals surface area contributed by atoms with Gasteiger partial charge in [-0.05, 0) is 43.5 Å². The van der Waals surface area contributed by atoms with Crippen molar-refractivity contribution in [2.45, 2.75) is 68.9 Å². The molecule has 2 aromatic rings. The van der Waals surface area contributed by atoms with Gasteiger partial charge in [0.05, 0.1) is 24.0 Å². The highest BCUT2D eigenvalue weighted by atomic mass is 35.5. The molecule has 6 atom stereocenters. The molecule has 3 aliphatic heterocycles. The standard InChI is InChI=1S/C30H31Cl2N3O4/c1-17(18-8-4-2-5-9-18)35-26(28(37)33-21-10-6-3-7-11-21)30-13-12-23(39-30)24(25(30)29(35)38)27(36)34-22-15-19(31)14-20(32)16-22/h2,4-5,8-9,12-17,21,23-26H,3,6-7,10-11H2,1H3,(H,33,37)(H,34,36)/t17-,23+,24+,25+,26+,30+/m1/s1. The molecule has 7 nitrogen and oxygen atoms in total. The molecule has 0 aromatic heterocycles. The summed E-state index contributed by atoms with van der Waals surface area (Å²) in [6, 6.07) is 13.2. The summed E-state index contributed by atoms with van der Waals surface area (Å²) in [4.78, 5) is 43.6. The number of benzene rings is 2. The first kappa shape index (κ1) is 26.4. The second-order valence-electron chi connectivity index (χ2n) is 11.0. The second-order valence-corrected chi connectivity index (χ2v) is 11.9. The number of likely N-dealkylation sites (tertiary alicyclic amines) is 1. The molecule has 1 spiro atoms. The van der Waals surface area contributed by atoms with Gasteiger partial charge in [0.15, 0.2) is 0 Å². The van der Waals surface area contributed by atoms with Crippen molar-refractivity contribution < 1.29 is 19.1 Å². The number of nitrogens with zero attached hydrogens (tertiary/aromatic N) is 1. The minimum atomic E-state index is -1.22. The molecule has 2 saturated heterocycles. The number of amides is 3. The van der Waals surface area contributed by atoms with Gasteiger partial charge in [-0.25, -0.2) is 0 Å². The SMILES string of the molecule is C[C@H](c1ccccc1)N1C(=O)[C@@H]2[C@@H](C(=O)Nc3cc(Cl)cc(Cl)c3)[C@@H]3C=C[C@@]2(O3)[C@@H]1C(=O)NC1CCCCC1. The first-order valence-corrected chi connectivity index (χ1v) is 14.4. The van der Waals surface area contributed by atoms with E-state index in [9.17, 15) is 14.4 Å². The Bertz CT molecular complexity index is 1310. The number of carbonyl (C=O) groups is 3. The molecule has 39 heavy (non-hydrogen) atoms. The van der Waals surface area contributed by atoms with Crippen LogP contribution in [0.15, 0.2) is 60.7 Å². The minimum absolute atomic E-state index is 0.0694. The molecule has 3 amide bonds. The Morgan fingerprint density at radius 2 is 1.72 bits per heavy atom. The number of fused-ring (bicyclic) bond motifs is 1. The number of anilines is 1. The fourth-order valence-electron chi connectivity index (χ4n) is 6.89. The molecule has 1 aliphatic carbocycles. The smallest absolute Gasteiger partial charge is 0.246 e. The summed E-state index contributed by atoms with van der Waals surface area (Å²) in [6.45, 7) is 1.92. The van der Waals surface area contributed by atoms with Crippen LogP contribution in [0.4, 0.5) is 5.69 Å². The van der Waals surface area contributed by atoms with E-state index in [0.29, 0.717) is 15.7 Å². The second kappa shape index (κ2) is 10.3. The first-order valence-electron chi connectivity index (χ1n) is 13.6. The summed E-state index contributed by atoms with van der Waals surface area (Å²) in [5.41, 5.74) is 0.119. The van der Waals surface area contributed by atoms with Crippen molar-refractivity contribution >= 4 is 46.6 Å². The third-order valence-electron chi connectivity index (χ3n) is 8.64. The summed E-state index contributed by atoms with van der Waals surface area (Å²) >= 11 is 12.3. The third-order valence-corrected chi connectivity index (χ3v) is 9.08. The van der Waals surface area contributed by atoms with Gasteiger partial charge >= 0.3 is 0 Å². The molecule has 6 rings (SSSR count). The van der Waals surface area contributed by atoms with Crippen LogP contribution < -0.4 is 10.6 Å². The van der Waals surface area contributed by atoms with Crippen LogP contribution in [0.25, 0.3) is 0 Å².